The number of rotatable bonds is 4. The first-order valence-electron chi connectivity index (χ1n) is 8.69. The van der Waals surface area contributed by atoms with Crippen molar-refractivity contribution in [3.05, 3.63) is 46.2 Å². The van der Waals surface area contributed by atoms with Gasteiger partial charge in [-0.05, 0) is 38.5 Å². The second-order valence-electron chi connectivity index (χ2n) is 6.95. The molecule has 1 aliphatic rings. The number of sulfone groups is 1. The van der Waals surface area contributed by atoms with Crippen molar-refractivity contribution in [2.45, 2.75) is 32.9 Å². The summed E-state index contributed by atoms with van der Waals surface area (Å²) in [6, 6.07) is 6.58. The van der Waals surface area contributed by atoms with Gasteiger partial charge < -0.3 is 10.2 Å². The van der Waals surface area contributed by atoms with Crippen molar-refractivity contribution in [3.63, 3.8) is 0 Å². The van der Waals surface area contributed by atoms with Crippen LogP contribution < -0.4 is 5.32 Å². The molecule has 1 saturated heterocycles. The fourth-order valence-corrected chi connectivity index (χ4v) is 5.23. The molecule has 3 rings (SSSR count). The van der Waals surface area contributed by atoms with Crippen LogP contribution in [0.2, 0.25) is 5.02 Å². The highest BCUT2D eigenvalue weighted by Crippen LogP contribution is 2.27. The molecule has 1 fully saturated rings. The number of benzene rings is 1. The van der Waals surface area contributed by atoms with Gasteiger partial charge in [-0.1, -0.05) is 17.7 Å². The molecule has 0 saturated carbocycles. The average Bonchev–Trinajstić information content (AvgIpc) is 3.08. The number of carbonyl (C=O) groups excluding carboxylic acids is 1. The third kappa shape index (κ3) is 4.44. The van der Waals surface area contributed by atoms with Crippen molar-refractivity contribution in [3.8, 4) is 0 Å². The zero-order valence-electron chi connectivity index (χ0n) is 15.6. The van der Waals surface area contributed by atoms with Gasteiger partial charge in [0.05, 0.1) is 29.8 Å². The number of carbonyl (C=O) groups is 1. The SMILES string of the molecule is Cc1nn(C2CCS(=O)(=O)C2)c(C)c1CN(C)C(=O)Nc1cccc(Cl)c1. The first-order chi connectivity index (χ1) is 12.7. The summed E-state index contributed by atoms with van der Waals surface area (Å²) in [7, 11) is -1.28. The number of hydrogen-bond donors (Lipinski definition) is 1. The Kier molecular flexibility index (Phi) is 5.48. The van der Waals surface area contributed by atoms with E-state index in [9.17, 15) is 13.2 Å². The Hall–Kier alpha value is -2.06. The monoisotopic (exact) mass is 410 g/mol. The molecule has 1 aromatic carbocycles. The Morgan fingerprint density at radius 1 is 1.41 bits per heavy atom. The molecule has 1 aromatic heterocycles. The number of anilines is 1. The van der Waals surface area contributed by atoms with E-state index in [4.69, 9.17) is 11.6 Å². The van der Waals surface area contributed by atoms with Gasteiger partial charge >= 0.3 is 6.03 Å². The lowest BCUT2D eigenvalue weighted by Crippen LogP contribution is -2.31. The van der Waals surface area contributed by atoms with Gasteiger partial charge in [0, 0.05) is 29.0 Å². The van der Waals surface area contributed by atoms with Crippen molar-refractivity contribution in [2.75, 3.05) is 23.9 Å². The van der Waals surface area contributed by atoms with E-state index in [1.54, 1.807) is 40.9 Å². The van der Waals surface area contributed by atoms with Crippen LogP contribution in [0.1, 0.15) is 29.4 Å². The van der Waals surface area contributed by atoms with Crippen LogP contribution in [-0.2, 0) is 16.4 Å². The Morgan fingerprint density at radius 3 is 2.78 bits per heavy atom. The molecule has 1 aliphatic heterocycles. The average molecular weight is 411 g/mol. The molecule has 9 heteroatoms. The van der Waals surface area contributed by atoms with Gasteiger partial charge in [0.2, 0.25) is 0 Å². The molecule has 2 amide bonds. The highest BCUT2D eigenvalue weighted by Gasteiger charge is 2.31. The fourth-order valence-electron chi connectivity index (χ4n) is 3.34. The molecule has 0 bridgehead atoms. The molecule has 0 radical (unpaired) electrons. The van der Waals surface area contributed by atoms with Crippen LogP contribution in [-0.4, -0.2) is 47.7 Å². The fraction of sp³-hybridized carbons (Fsp3) is 0.444. The molecule has 2 heterocycles. The Morgan fingerprint density at radius 2 is 2.15 bits per heavy atom. The van der Waals surface area contributed by atoms with Gasteiger partial charge in [0.1, 0.15) is 0 Å². The standard InChI is InChI=1S/C18H23ClN4O3S/c1-12-17(13(2)23(21-12)16-7-8-27(25,26)11-16)10-22(3)18(24)20-15-6-4-5-14(19)9-15/h4-6,9,16H,7-8,10-11H2,1-3H3,(H,20,24). The molecule has 0 aliphatic carbocycles. The molecule has 1 unspecified atom stereocenters. The minimum absolute atomic E-state index is 0.124. The lowest BCUT2D eigenvalue weighted by Gasteiger charge is -2.19. The van der Waals surface area contributed by atoms with Gasteiger partial charge in [-0.15, -0.1) is 0 Å². The van der Waals surface area contributed by atoms with E-state index in [2.05, 4.69) is 10.4 Å². The van der Waals surface area contributed by atoms with Crippen LogP contribution in [0, 0.1) is 13.8 Å². The van der Waals surface area contributed by atoms with Gasteiger partial charge in [0.25, 0.3) is 0 Å². The molecule has 27 heavy (non-hydrogen) atoms. The van der Waals surface area contributed by atoms with Gasteiger partial charge in [0.15, 0.2) is 9.84 Å². The van der Waals surface area contributed by atoms with Gasteiger partial charge in [-0.3, -0.25) is 4.68 Å². The van der Waals surface area contributed by atoms with Crippen LogP contribution in [0.15, 0.2) is 24.3 Å². The molecule has 7 nitrogen and oxygen atoms in total. The maximum absolute atomic E-state index is 12.5. The predicted molar refractivity (Wildman–Crippen MR) is 106 cm³/mol. The number of nitrogens with zero attached hydrogens (tertiary/aromatic N) is 3. The first kappa shape index (κ1) is 19.7. The first-order valence-corrected chi connectivity index (χ1v) is 10.9. The maximum atomic E-state index is 12.5. The minimum atomic E-state index is -2.98. The Bertz CT molecular complexity index is 971. The normalized spacial score (nSPS) is 18.4. The number of halogens is 1. The van der Waals surface area contributed by atoms with Crippen molar-refractivity contribution >= 4 is 33.2 Å². The number of aromatic nitrogens is 2. The second-order valence-corrected chi connectivity index (χ2v) is 9.61. The molecule has 146 valence electrons. The third-order valence-electron chi connectivity index (χ3n) is 4.85. The molecule has 0 spiro atoms. The van der Waals surface area contributed by atoms with E-state index in [1.807, 2.05) is 13.8 Å². The van der Waals surface area contributed by atoms with E-state index in [0.717, 1.165) is 17.0 Å². The lowest BCUT2D eigenvalue weighted by molar-refractivity contribution is 0.220. The number of urea groups is 1. The highest BCUT2D eigenvalue weighted by molar-refractivity contribution is 7.91. The van der Waals surface area contributed by atoms with Crippen molar-refractivity contribution < 1.29 is 13.2 Å². The van der Waals surface area contributed by atoms with Crippen LogP contribution in [0.5, 0.6) is 0 Å². The van der Waals surface area contributed by atoms with Crippen molar-refractivity contribution in [2.24, 2.45) is 0 Å². The quantitative estimate of drug-likeness (QED) is 0.838. The molecule has 1 N–H and O–H groups in total. The number of aryl methyl sites for hydroxylation is 1. The van der Waals surface area contributed by atoms with E-state index in [0.29, 0.717) is 23.7 Å². The molecule has 2 aromatic rings. The predicted octanol–water partition coefficient (Wildman–Crippen LogP) is 3.18. The summed E-state index contributed by atoms with van der Waals surface area (Å²) in [5.74, 6) is 0.326. The lowest BCUT2D eigenvalue weighted by atomic mass is 10.2. The van der Waals surface area contributed by atoms with Gasteiger partial charge in [-0.2, -0.15) is 5.10 Å². The van der Waals surface area contributed by atoms with Crippen LogP contribution >= 0.6 is 11.6 Å². The van der Waals surface area contributed by atoms with Crippen LogP contribution in [0.3, 0.4) is 0 Å². The number of hydrogen-bond acceptors (Lipinski definition) is 4. The zero-order valence-corrected chi connectivity index (χ0v) is 17.1. The summed E-state index contributed by atoms with van der Waals surface area (Å²) in [4.78, 5) is 14.0. The van der Waals surface area contributed by atoms with Crippen molar-refractivity contribution in [1.29, 1.82) is 0 Å². The van der Waals surface area contributed by atoms with Crippen LogP contribution in [0.4, 0.5) is 10.5 Å². The summed E-state index contributed by atoms with van der Waals surface area (Å²) in [6.45, 7) is 4.18. The third-order valence-corrected chi connectivity index (χ3v) is 6.83. The maximum Gasteiger partial charge on any atom is 0.321 e. The highest BCUT2D eigenvalue weighted by atomic mass is 35.5. The van der Waals surface area contributed by atoms with E-state index < -0.39 is 9.84 Å². The largest absolute Gasteiger partial charge is 0.323 e. The number of nitrogens with one attached hydrogen (secondary N) is 1. The molecule has 1 atom stereocenters. The van der Waals surface area contributed by atoms with E-state index in [1.165, 1.54) is 0 Å². The second kappa shape index (κ2) is 7.52. The topological polar surface area (TPSA) is 84.3 Å². The summed E-state index contributed by atoms with van der Waals surface area (Å²) >= 11 is 5.95. The summed E-state index contributed by atoms with van der Waals surface area (Å²) in [5.41, 5.74) is 3.26. The Balaban J connectivity index is 1.72. The smallest absolute Gasteiger partial charge is 0.321 e. The Labute approximate surface area is 164 Å². The summed E-state index contributed by atoms with van der Waals surface area (Å²) < 4.78 is 25.3. The number of amides is 2. The molecular formula is C18H23ClN4O3S. The zero-order chi connectivity index (χ0) is 19.8. The van der Waals surface area contributed by atoms with E-state index >= 15 is 0 Å². The summed E-state index contributed by atoms with van der Waals surface area (Å²) in [5, 5.41) is 7.90. The van der Waals surface area contributed by atoms with Gasteiger partial charge in [-0.25, -0.2) is 13.2 Å². The summed E-state index contributed by atoms with van der Waals surface area (Å²) in [6.07, 6.45) is 0.578. The van der Waals surface area contributed by atoms with Crippen molar-refractivity contribution in [1.82, 2.24) is 14.7 Å². The van der Waals surface area contributed by atoms with E-state index in [-0.39, 0.29) is 23.6 Å². The molecular weight excluding hydrogens is 388 g/mol. The minimum Gasteiger partial charge on any atom is -0.323 e. The van der Waals surface area contributed by atoms with Crippen LogP contribution in [0.25, 0.3) is 0 Å².